The molecule has 0 spiro atoms. The number of benzene rings is 2. The summed E-state index contributed by atoms with van der Waals surface area (Å²) in [5.41, 5.74) is 3.53. The van der Waals surface area contributed by atoms with Crippen molar-refractivity contribution in [1.29, 1.82) is 0 Å². The molecule has 1 aromatic heterocycles. The Morgan fingerprint density at radius 2 is 1.52 bits per heavy atom. The van der Waals surface area contributed by atoms with Crippen LogP contribution in [0.4, 0.5) is 4.39 Å². The molecule has 3 aromatic rings. The molecule has 25 heavy (non-hydrogen) atoms. The van der Waals surface area contributed by atoms with Gasteiger partial charge in [0, 0.05) is 22.7 Å². The standard InChI is InChI=1S/C23H26FN/c1-22(2,3)21-13-17-7-6-16(12-18(17)15-25-21)14-23(4,5)19-8-10-20(24)11-9-19/h6-13,15H,14H2,1-5H3. The minimum Gasteiger partial charge on any atom is -0.260 e. The predicted molar refractivity (Wildman–Crippen MR) is 104 cm³/mol. The van der Waals surface area contributed by atoms with Gasteiger partial charge in [-0.15, -0.1) is 0 Å². The molecule has 0 radical (unpaired) electrons. The molecule has 2 heteroatoms. The highest BCUT2D eigenvalue weighted by Gasteiger charge is 2.21. The van der Waals surface area contributed by atoms with Crippen LogP contribution in [0.5, 0.6) is 0 Å². The monoisotopic (exact) mass is 335 g/mol. The number of fused-ring (bicyclic) bond motifs is 1. The zero-order chi connectivity index (χ0) is 18.2. The maximum absolute atomic E-state index is 13.2. The average molecular weight is 335 g/mol. The van der Waals surface area contributed by atoms with Crippen LogP contribution < -0.4 is 0 Å². The van der Waals surface area contributed by atoms with E-state index in [0.29, 0.717) is 0 Å². The van der Waals surface area contributed by atoms with Gasteiger partial charge in [-0.2, -0.15) is 0 Å². The van der Waals surface area contributed by atoms with Gasteiger partial charge in [-0.3, -0.25) is 4.98 Å². The van der Waals surface area contributed by atoms with Crippen molar-refractivity contribution in [3.8, 4) is 0 Å². The second-order valence-corrected chi connectivity index (χ2v) is 8.57. The van der Waals surface area contributed by atoms with Crippen LogP contribution in [0.1, 0.15) is 51.4 Å². The lowest BCUT2D eigenvalue weighted by molar-refractivity contribution is 0.520. The lowest BCUT2D eigenvalue weighted by Crippen LogP contribution is -2.20. The predicted octanol–water partition coefficient (Wildman–Crippen LogP) is 6.19. The SMILES string of the molecule is CC(C)(C)c1cc2ccc(CC(C)(C)c3ccc(F)cc3)cc2cn1. The fourth-order valence-corrected chi connectivity index (χ4v) is 3.22. The molecule has 0 aliphatic heterocycles. The molecule has 130 valence electrons. The Hall–Kier alpha value is -2.22. The van der Waals surface area contributed by atoms with E-state index in [1.54, 1.807) is 0 Å². The Bertz CT molecular complexity index is 886. The van der Waals surface area contributed by atoms with Crippen molar-refractivity contribution in [2.75, 3.05) is 0 Å². The summed E-state index contributed by atoms with van der Waals surface area (Å²) in [5.74, 6) is -0.189. The number of aromatic nitrogens is 1. The van der Waals surface area contributed by atoms with Crippen molar-refractivity contribution < 1.29 is 4.39 Å². The van der Waals surface area contributed by atoms with Gasteiger partial charge in [0.25, 0.3) is 0 Å². The maximum Gasteiger partial charge on any atom is 0.123 e. The van der Waals surface area contributed by atoms with Gasteiger partial charge in [-0.1, -0.05) is 58.9 Å². The van der Waals surface area contributed by atoms with E-state index in [-0.39, 0.29) is 16.6 Å². The van der Waals surface area contributed by atoms with Crippen LogP contribution >= 0.6 is 0 Å². The first-order chi connectivity index (χ1) is 11.6. The van der Waals surface area contributed by atoms with Crippen molar-refractivity contribution in [3.63, 3.8) is 0 Å². The molecule has 2 aromatic carbocycles. The maximum atomic E-state index is 13.2. The van der Waals surface area contributed by atoms with Crippen molar-refractivity contribution in [1.82, 2.24) is 4.98 Å². The zero-order valence-corrected chi connectivity index (χ0v) is 15.7. The molecule has 0 aliphatic carbocycles. The molecular formula is C23H26FN. The minimum absolute atomic E-state index is 0.0530. The highest BCUT2D eigenvalue weighted by molar-refractivity contribution is 5.82. The fourth-order valence-electron chi connectivity index (χ4n) is 3.22. The Kier molecular flexibility index (Phi) is 4.40. The molecule has 3 rings (SSSR count). The van der Waals surface area contributed by atoms with E-state index in [1.807, 2.05) is 18.3 Å². The van der Waals surface area contributed by atoms with E-state index in [4.69, 9.17) is 0 Å². The zero-order valence-electron chi connectivity index (χ0n) is 15.7. The molecule has 0 fully saturated rings. The molecular weight excluding hydrogens is 309 g/mol. The second-order valence-electron chi connectivity index (χ2n) is 8.57. The second kappa shape index (κ2) is 6.25. The molecule has 0 saturated heterocycles. The summed E-state index contributed by atoms with van der Waals surface area (Å²) in [6.07, 6.45) is 2.87. The van der Waals surface area contributed by atoms with Gasteiger partial charge in [-0.05, 0) is 52.6 Å². The lowest BCUT2D eigenvalue weighted by Gasteiger charge is -2.26. The third-order valence-electron chi connectivity index (χ3n) is 4.83. The first-order valence-corrected chi connectivity index (χ1v) is 8.80. The van der Waals surface area contributed by atoms with Crippen LogP contribution in [-0.2, 0) is 17.3 Å². The third-order valence-corrected chi connectivity index (χ3v) is 4.83. The number of pyridine rings is 1. The summed E-state index contributed by atoms with van der Waals surface area (Å²) in [4.78, 5) is 4.64. The van der Waals surface area contributed by atoms with E-state index in [1.165, 1.54) is 28.5 Å². The highest BCUT2D eigenvalue weighted by Crippen LogP contribution is 2.30. The van der Waals surface area contributed by atoms with Crippen LogP contribution in [0, 0.1) is 5.82 Å². The molecule has 0 N–H and O–H groups in total. The summed E-state index contributed by atoms with van der Waals surface area (Å²) in [7, 11) is 0. The van der Waals surface area contributed by atoms with Crippen LogP contribution in [-0.4, -0.2) is 4.98 Å². The van der Waals surface area contributed by atoms with Crippen LogP contribution in [0.25, 0.3) is 10.8 Å². The highest BCUT2D eigenvalue weighted by atomic mass is 19.1. The van der Waals surface area contributed by atoms with E-state index < -0.39 is 0 Å². The molecule has 0 saturated carbocycles. The van der Waals surface area contributed by atoms with Crippen molar-refractivity contribution in [2.24, 2.45) is 0 Å². The van der Waals surface area contributed by atoms with Crippen molar-refractivity contribution in [3.05, 3.63) is 77.4 Å². The number of halogens is 1. The van der Waals surface area contributed by atoms with Gasteiger partial charge >= 0.3 is 0 Å². The number of hydrogen-bond acceptors (Lipinski definition) is 1. The normalized spacial score (nSPS) is 12.6. The number of rotatable bonds is 3. The van der Waals surface area contributed by atoms with E-state index in [0.717, 1.165) is 17.7 Å². The minimum atomic E-state index is -0.189. The Morgan fingerprint density at radius 3 is 2.16 bits per heavy atom. The van der Waals surface area contributed by atoms with Crippen molar-refractivity contribution >= 4 is 10.8 Å². The molecule has 1 nitrogen and oxygen atoms in total. The summed E-state index contributed by atoms with van der Waals surface area (Å²) >= 11 is 0. The molecule has 0 unspecified atom stereocenters. The van der Waals surface area contributed by atoms with E-state index >= 15 is 0 Å². The van der Waals surface area contributed by atoms with Gasteiger partial charge < -0.3 is 0 Å². The average Bonchev–Trinajstić information content (AvgIpc) is 2.53. The Labute approximate surface area is 149 Å². The number of hydrogen-bond donors (Lipinski definition) is 0. The fraction of sp³-hybridized carbons (Fsp3) is 0.348. The Balaban J connectivity index is 1.90. The third kappa shape index (κ3) is 3.89. The molecule has 0 amide bonds. The van der Waals surface area contributed by atoms with Crippen molar-refractivity contribution in [2.45, 2.75) is 51.9 Å². The van der Waals surface area contributed by atoms with Crippen LogP contribution in [0.3, 0.4) is 0 Å². The smallest absolute Gasteiger partial charge is 0.123 e. The largest absolute Gasteiger partial charge is 0.260 e. The van der Waals surface area contributed by atoms with Gasteiger partial charge in [0.2, 0.25) is 0 Å². The molecule has 1 heterocycles. The van der Waals surface area contributed by atoms with Gasteiger partial charge in [0.15, 0.2) is 0 Å². The van der Waals surface area contributed by atoms with Gasteiger partial charge in [0.05, 0.1) is 0 Å². The number of nitrogens with zero attached hydrogens (tertiary/aromatic N) is 1. The Morgan fingerprint density at radius 1 is 0.840 bits per heavy atom. The molecule has 0 aliphatic rings. The van der Waals surface area contributed by atoms with E-state index in [9.17, 15) is 4.39 Å². The summed E-state index contributed by atoms with van der Waals surface area (Å²) in [5, 5.41) is 2.39. The quantitative estimate of drug-likeness (QED) is 0.556. The summed E-state index contributed by atoms with van der Waals surface area (Å²) < 4.78 is 13.2. The van der Waals surface area contributed by atoms with Crippen LogP contribution in [0.15, 0.2) is 54.7 Å². The first kappa shape index (κ1) is 17.6. The summed E-state index contributed by atoms with van der Waals surface area (Å²) in [6.45, 7) is 10.9. The molecule has 0 atom stereocenters. The molecule has 0 bridgehead atoms. The van der Waals surface area contributed by atoms with E-state index in [2.05, 4.69) is 63.9 Å². The lowest BCUT2D eigenvalue weighted by atomic mass is 9.79. The first-order valence-electron chi connectivity index (χ1n) is 8.80. The van der Waals surface area contributed by atoms with Crippen LogP contribution in [0.2, 0.25) is 0 Å². The topological polar surface area (TPSA) is 12.9 Å². The summed E-state index contributed by atoms with van der Waals surface area (Å²) in [6, 6.07) is 15.6. The van der Waals surface area contributed by atoms with Gasteiger partial charge in [0.1, 0.15) is 5.82 Å². The van der Waals surface area contributed by atoms with Gasteiger partial charge in [-0.25, -0.2) is 4.39 Å².